The standard InChI is InChI=1S/C21H20N4O3/c26-19(13-24-14-22-17-10-5-4-9-16(17)21(24)28)25-12-6-11-18(25)20(27)23-15-7-2-1-3-8-15/h1-5,7-10,14,18H,6,11-13H2,(H,23,27). The molecule has 2 heterocycles. The van der Waals surface area contributed by atoms with Gasteiger partial charge in [0.25, 0.3) is 5.56 Å². The van der Waals surface area contributed by atoms with Crippen LogP contribution in [0.1, 0.15) is 12.8 Å². The third kappa shape index (κ3) is 3.51. The van der Waals surface area contributed by atoms with E-state index in [9.17, 15) is 14.4 Å². The van der Waals surface area contributed by atoms with E-state index >= 15 is 0 Å². The number of benzene rings is 2. The third-order valence-corrected chi connectivity index (χ3v) is 4.95. The molecule has 7 nitrogen and oxygen atoms in total. The van der Waals surface area contributed by atoms with E-state index in [2.05, 4.69) is 10.3 Å². The fourth-order valence-corrected chi connectivity index (χ4v) is 3.54. The van der Waals surface area contributed by atoms with Crippen LogP contribution in [-0.4, -0.2) is 38.9 Å². The normalized spacial score (nSPS) is 16.3. The molecule has 0 saturated carbocycles. The van der Waals surface area contributed by atoms with Crippen molar-refractivity contribution in [2.45, 2.75) is 25.4 Å². The lowest BCUT2D eigenvalue weighted by Crippen LogP contribution is -2.45. The minimum atomic E-state index is -0.531. The second kappa shape index (κ2) is 7.64. The Hall–Kier alpha value is -3.48. The fourth-order valence-electron chi connectivity index (χ4n) is 3.54. The summed E-state index contributed by atoms with van der Waals surface area (Å²) in [7, 11) is 0. The zero-order valence-electron chi connectivity index (χ0n) is 15.2. The summed E-state index contributed by atoms with van der Waals surface area (Å²) in [6.45, 7) is 0.368. The summed E-state index contributed by atoms with van der Waals surface area (Å²) < 4.78 is 1.30. The van der Waals surface area contributed by atoms with Crippen molar-refractivity contribution >= 4 is 28.4 Å². The quantitative estimate of drug-likeness (QED) is 0.755. The number of amides is 2. The van der Waals surface area contributed by atoms with E-state index in [0.717, 1.165) is 6.42 Å². The largest absolute Gasteiger partial charge is 0.329 e. The maximum Gasteiger partial charge on any atom is 0.261 e. The molecule has 2 amide bonds. The van der Waals surface area contributed by atoms with E-state index in [1.54, 1.807) is 35.2 Å². The van der Waals surface area contributed by atoms with E-state index < -0.39 is 6.04 Å². The number of para-hydroxylation sites is 2. The molecule has 1 unspecified atom stereocenters. The summed E-state index contributed by atoms with van der Waals surface area (Å²) in [5, 5.41) is 3.32. The van der Waals surface area contributed by atoms with E-state index in [4.69, 9.17) is 0 Å². The first-order chi connectivity index (χ1) is 13.6. The van der Waals surface area contributed by atoms with Gasteiger partial charge < -0.3 is 10.2 Å². The number of hydrogen-bond donors (Lipinski definition) is 1. The molecule has 0 aliphatic carbocycles. The van der Waals surface area contributed by atoms with Gasteiger partial charge in [-0.3, -0.25) is 19.0 Å². The van der Waals surface area contributed by atoms with E-state index in [-0.39, 0.29) is 23.9 Å². The summed E-state index contributed by atoms with van der Waals surface area (Å²) in [6, 6.07) is 15.7. The molecule has 1 aliphatic heterocycles. The Kier molecular flexibility index (Phi) is 4.89. The second-order valence-electron chi connectivity index (χ2n) is 6.80. The van der Waals surface area contributed by atoms with Gasteiger partial charge in [0.05, 0.1) is 17.2 Å². The molecule has 1 fully saturated rings. The molecule has 28 heavy (non-hydrogen) atoms. The monoisotopic (exact) mass is 376 g/mol. The number of aromatic nitrogens is 2. The van der Waals surface area contributed by atoms with E-state index in [0.29, 0.717) is 29.6 Å². The first-order valence-corrected chi connectivity index (χ1v) is 9.23. The van der Waals surface area contributed by atoms with Crippen LogP contribution in [0.4, 0.5) is 5.69 Å². The predicted octanol–water partition coefficient (Wildman–Crippen LogP) is 2.03. The number of hydrogen-bond acceptors (Lipinski definition) is 4. The molecule has 1 N–H and O–H groups in total. The topological polar surface area (TPSA) is 84.3 Å². The number of carbonyl (C=O) groups is 2. The molecule has 3 aromatic rings. The molecule has 1 aliphatic rings. The number of anilines is 1. The van der Waals surface area contributed by atoms with Crippen LogP contribution in [0.5, 0.6) is 0 Å². The van der Waals surface area contributed by atoms with Crippen LogP contribution in [0.2, 0.25) is 0 Å². The summed E-state index contributed by atoms with van der Waals surface area (Å²) in [5.41, 5.74) is 1.03. The van der Waals surface area contributed by atoms with Gasteiger partial charge >= 0.3 is 0 Å². The molecular formula is C21H20N4O3. The molecule has 1 aromatic heterocycles. The molecule has 4 rings (SSSR count). The van der Waals surface area contributed by atoms with Crippen molar-refractivity contribution < 1.29 is 9.59 Å². The summed E-state index contributed by atoms with van der Waals surface area (Å²) in [5.74, 6) is -0.467. The van der Waals surface area contributed by atoms with Gasteiger partial charge in [-0.25, -0.2) is 4.98 Å². The number of carbonyl (C=O) groups excluding carboxylic acids is 2. The van der Waals surface area contributed by atoms with Crippen molar-refractivity contribution in [3.8, 4) is 0 Å². The number of likely N-dealkylation sites (tertiary alicyclic amines) is 1. The zero-order valence-corrected chi connectivity index (χ0v) is 15.2. The highest BCUT2D eigenvalue weighted by molar-refractivity contribution is 5.97. The molecule has 142 valence electrons. The summed E-state index contributed by atoms with van der Waals surface area (Å²) in [4.78, 5) is 43.9. The maximum atomic E-state index is 12.8. The zero-order chi connectivity index (χ0) is 19.5. The van der Waals surface area contributed by atoms with Crippen molar-refractivity contribution in [2.24, 2.45) is 0 Å². The number of fused-ring (bicyclic) bond motifs is 1. The molecule has 0 radical (unpaired) electrons. The van der Waals surface area contributed by atoms with Gasteiger partial charge in [0.15, 0.2) is 0 Å². The van der Waals surface area contributed by atoms with Crippen molar-refractivity contribution in [2.75, 3.05) is 11.9 Å². The lowest BCUT2D eigenvalue weighted by Gasteiger charge is -2.24. The Labute approximate surface area is 161 Å². The van der Waals surface area contributed by atoms with Crippen molar-refractivity contribution in [3.63, 3.8) is 0 Å². The SMILES string of the molecule is O=C(Nc1ccccc1)C1CCCN1C(=O)Cn1cnc2ccccc2c1=O. The van der Waals surface area contributed by atoms with E-state index in [1.807, 2.05) is 24.3 Å². The second-order valence-corrected chi connectivity index (χ2v) is 6.80. The van der Waals surface area contributed by atoms with Gasteiger partial charge in [-0.2, -0.15) is 0 Å². The highest BCUT2D eigenvalue weighted by Crippen LogP contribution is 2.20. The van der Waals surface area contributed by atoms with Gasteiger partial charge in [0, 0.05) is 12.2 Å². The third-order valence-electron chi connectivity index (χ3n) is 4.95. The molecule has 2 aromatic carbocycles. The average molecular weight is 376 g/mol. The van der Waals surface area contributed by atoms with Crippen molar-refractivity contribution in [1.82, 2.24) is 14.5 Å². The summed E-state index contributed by atoms with van der Waals surface area (Å²) >= 11 is 0. The van der Waals surface area contributed by atoms with Crippen LogP contribution in [0.15, 0.2) is 65.7 Å². The molecule has 1 atom stereocenters. The van der Waals surface area contributed by atoms with Crippen molar-refractivity contribution in [1.29, 1.82) is 0 Å². The van der Waals surface area contributed by atoms with Crippen LogP contribution < -0.4 is 10.9 Å². The Bertz CT molecular complexity index is 1080. The Morgan fingerprint density at radius 1 is 1.07 bits per heavy atom. The Morgan fingerprint density at radius 3 is 2.64 bits per heavy atom. The van der Waals surface area contributed by atoms with Crippen LogP contribution in [0, 0.1) is 0 Å². The highest BCUT2D eigenvalue weighted by atomic mass is 16.2. The molecule has 0 bridgehead atoms. The fraction of sp³-hybridized carbons (Fsp3) is 0.238. The Balaban J connectivity index is 1.50. The molecule has 1 saturated heterocycles. The number of rotatable bonds is 4. The minimum absolute atomic E-state index is 0.133. The van der Waals surface area contributed by atoms with Gasteiger partial charge in [-0.15, -0.1) is 0 Å². The van der Waals surface area contributed by atoms with Gasteiger partial charge in [0.2, 0.25) is 11.8 Å². The number of nitrogens with one attached hydrogen (secondary N) is 1. The maximum absolute atomic E-state index is 12.8. The highest BCUT2D eigenvalue weighted by Gasteiger charge is 2.34. The first kappa shape index (κ1) is 17.9. The average Bonchev–Trinajstić information content (AvgIpc) is 3.21. The van der Waals surface area contributed by atoms with Crippen molar-refractivity contribution in [3.05, 3.63) is 71.3 Å². The van der Waals surface area contributed by atoms with Crippen LogP contribution in [0.3, 0.4) is 0 Å². The van der Waals surface area contributed by atoms with Gasteiger partial charge in [-0.05, 0) is 37.1 Å². The lowest BCUT2D eigenvalue weighted by molar-refractivity contribution is -0.137. The predicted molar refractivity (Wildman–Crippen MR) is 106 cm³/mol. The molecule has 0 spiro atoms. The molecule has 7 heteroatoms. The smallest absolute Gasteiger partial charge is 0.261 e. The lowest BCUT2D eigenvalue weighted by atomic mass is 10.2. The van der Waals surface area contributed by atoms with Crippen LogP contribution >= 0.6 is 0 Å². The Morgan fingerprint density at radius 2 is 1.82 bits per heavy atom. The van der Waals surface area contributed by atoms with Crippen LogP contribution in [-0.2, 0) is 16.1 Å². The minimum Gasteiger partial charge on any atom is -0.329 e. The molecular weight excluding hydrogens is 356 g/mol. The van der Waals surface area contributed by atoms with E-state index in [1.165, 1.54) is 10.9 Å². The van der Waals surface area contributed by atoms with Gasteiger partial charge in [-0.1, -0.05) is 30.3 Å². The van der Waals surface area contributed by atoms with Crippen LogP contribution in [0.25, 0.3) is 10.9 Å². The number of nitrogens with zero attached hydrogens (tertiary/aromatic N) is 3. The van der Waals surface area contributed by atoms with Gasteiger partial charge in [0.1, 0.15) is 12.6 Å². The first-order valence-electron chi connectivity index (χ1n) is 9.23. The summed E-state index contributed by atoms with van der Waals surface area (Å²) in [6.07, 6.45) is 2.75.